The van der Waals surface area contributed by atoms with Crippen LogP contribution in [0.4, 0.5) is 4.79 Å². The summed E-state index contributed by atoms with van der Waals surface area (Å²) in [7, 11) is 0. The fraction of sp³-hybridized carbons (Fsp3) is 0.611. The van der Waals surface area contributed by atoms with Gasteiger partial charge in [-0.1, -0.05) is 6.07 Å². The Balaban J connectivity index is 2.07. The zero-order chi connectivity index (χ0) is 17.8. The maximum absolute atomic E-state index is 12.6. The third kappa shape index (κ3) is 4.31. The molecule has 1 aromatic heterocycles. The molecule has 0 aromatic carbocycles. The number of carbonyl (C=O) groups is 1. The molecule has 1 amide bonds. The fourth-order valence-corrected chi connectivity index (χ4v) is 2.96. The molecule has 24 heavy (non-hydrogen) atoms. The van der Waals surface area contributed by atoms with E-state index in [0.29, 0.717) is 13.1 Å². The standard InChI is InChI=1S/C18H27N4O2/c1-15(16-7-5-6-9-20-16)21-10-13-22(12-8-19,14-11-21)17(23)24-18(2,3)4/h5-7,9,15H,10-14H2,1-4H3/q+1. The van der Waals surface area contributed by atoms with Gasteiger partial charge in [-0.15, -0.1) is 0 Å². The lowest BCUT2D eigenvalue weighted by molar-refractivity contribution is -0.856. The molecule has 0 saturated carbocycles. The number of quaternary nitrogens is 1. The highest BCUT2D eigenvalue weighted by Crippen LogP contribution is 2.24. The highest BCUT2D eigenvalue weighted by Gasteiger charge is 2.44. The molecule has 130 valence electrons. The summed E-state index contributed by atoms with van der Waals surface area (Å²) in [6.45, 7) is 10.5. The van der Waals surface area contributed by atoms with Gasteiger partial charge in [-0.3, -0.25) is 9.88 Å². The lowest BCUT2D eigenvalue weighted by Crippen LogP contribution is -2.63. The van der Waals surface area contributed by atoms with Crippen LogP contribution in [-0.2, 0) is 4.74 Å². The van der Waals surface area contributed by atoms with Crippen LogP contribution in [0.2, 0.25) is 0 Å². The van der Waals surface area contributed by atoms with E-state index in [1.165, 1.54) is 0 Å². The Bertz CT molecular complexity index is 596. The molecule has 2 rings (SSSR count). The monoisotopic (exact) mass is 331 g/mol. The first kappa shape index (κ1) is 18.4. The predicted octanol–water partition coefficient (Wildman–Crippen LogP) is 2.73. The number of pyridine rings is 1. The number of nitrogens with zero attached hydrogens (tertiary/aromatic N) is 4. The first-order valence-electron chi connectivity index (χ1n) is 8.39. The zero-order valence-corrected chi connectivity index (χ0v) is 15.0. The summed E-state index contributed by atoms with van der Waals surface area (Å²) in [5, 5.41) is 9.19. The molecule has 6 heteroatoms. The van der Waals surface area contributed by atoms with Crippen LogP contribution >= 0.6 is 0 Å². The maximum atomic E-state index is 12.6. The summed E-state index contributed by atoms with van der Waals surface area (Å²) in [5.41, 5.74) is 0.478. The van der Waals surface area contributed by atoms with E-state index in [9.17, 15) is 10.1 Å². The number of hydrogen-bond donors (Lipinski definition) is 0. The number of amides is 1. The second-order valence-corrected chi connectivity index (χ2v) is 7.36. The Labute approximate surface area is 144 Å². The van der Waals surface area contributed by atoms with Gasteiger partial charge in [0.05, 0.1) is 5.69 Å². The molecular formula is C18H27N4O2+. The molecule has 1 unspecified atom stereocenters. The van der Waals surface area contributed by atoms with Gasteiger partial charge in [-0.25, -0.2) is 4.48 Å². The number of nitriles is 1. The van der Waals surface area contributed by atoms with Gasteiger partial charge in [0.2, 0.25) is 0 Å². The maximum Gasteiger partial charge on any atom is 0.517 e. The molecule has 2 heterocycles. The average Bonchev–Trinajstić information content (AvgIpc) is 2.54. The minimum Gasteiger partial charge on any atom is -0.414 e. The van der Waals surface area contributed by atoms with Gasteiger partial charge < -0.3 is 4.74 Å². The Morgan fingerprint density at radius 3 is 2.58 bits per heavy atom. The van der Waals surface area contributed by atoms with E-state index < -0.39 is 5.60 Å². The van der Waals surface area contributed by atoms with Crippen LogP contribution in [0.15, 0.2) is 24.4 Å². The van der Waals surface area contributed by atoms with E-state index in [0.717, 1.165) is 18.8 Å². The van der Waals surface area contributed by atoms with Gasteiger partial charge >= 0.3 is 6.09 Å². The molecule has 0 spiro atoms. The minimum absolute atomic E-state index is 0.0825. The SMILES string of the molecule is CC(c1ccccn1)N1CC[N+](CC#N)(C(=O)OC(C)(C)C)CC1. The van der Waals surface area contributed by atoms with Crippen molar-refractivity contribution in [2.24, 2.45) is 0 Å². The van der Waals surface area contributed by atoms with Crippen LogP contribution in [0, 0.1) is 11.3 Å². The molecule has 1 atom stereocenters. The number of carbonyl (C=O) groups excluding carboxylic acids is 1. The lowest BCUT2D eigenvalue weighted by atomic mass is 10.1. The summed E-state index contributed by atoms with van der Waals surface area (Å²) >= 11 is 0. The molecule has 6 nitrogen and oxygen atoms in total. The number of ether oxygens (including phenoxy) is 1. The molecule has 1 fully saturated rings. The van der Waals surface area contributed by atoms with Crippen molar-refractivity contribution < 1.29 is 14.0 Å². The lowest BCUT2D eigenvalue weighted by Gasteiger charge is -2.42. The summed E-state index contributed by atoms with van der Waals surface area (Å²) in [6.07, 6.45) is 1.50. The highest BCUT2D eigenvalue weighted by molar-refractivity contribution is 5.60. The van der Waals surface area contributed by atoms with Gasteiger partial charge in [0.25, 0.3) is 0 Å². The predicted molar refractivity (Wildman–Crippen MR) is 90.9 cm³/mol. The Morgan fingerprint density at radius 2 is 2.08 bits per heavy atom. The molecule has 0 bridgehead atoms. The molecule has 1 saturated heterocycles. The number of rotatable bonds is 3. The second-order valence-electron chi connectivity index (χ2n) is 7.36. The minimum atomic E-state index is -0.545. The van der Waals surface area contributed by atoms with Gasteiger partial charge in [-0.2, -0.15) is 10.1 Å². The topological polar surface area (TPSA) is 66.2 Å². The van der Waals surface area contributed by atoms with Crippen molar-refractivity contribution in [3.8, 4) is 6.07 Å². The normalized spacial score (nSPS) is 19.3. The van der Waals surface area contributed by atoms with Crippen molar-refractivity contribution >= 4 is 6.09 Å². The van der Waals surface area contributed by atoms with E-state index in [-0.39, 0.29) is 23.2 Å². The van der Waals surface area contributed by atoms with Crippen LogP contribution in [0.5, 0.6) is 0 Å². The average molecular weight is 331 g/mol. The third-order valence-corrected chi connectivity index (χ3v) is 4.45. The van der Waals surface area contributed by atoms with Crippen molar-refractivity contribution in [1.82, 2.24) is 9.88 Å². The summed E-state index contributed by atoms with van der Waals surface area (Å²) < 4.78 is 5.65. The molecule has 0 N–H and O–H groups in total. The largest absolute Gasteiger partial charge is 0.517 e. The van der Waals surface area contributed by atoms with Crippen LogP contribution in [0.25, 0.3) is 0 Å². The second kappa shape index (κ2) is 7.29. The van der Waals surface area contributed by atoms with Crippen molar-refractivity contribution in [2.45, 2.75) is 39.3 Å². The van der Waals surface area contributed by atoms with Crippen LogP contribution in [0.3, 0.4) is 0 Å². The van der Waals surface area contributed by atoms with Gasteiger partial charge in [0, 0.05) is 25.3 Å². The number of hydrogen-bond acceptors (Lipinski definition) is 5. The van der Waals surface area contributed by atoms with Crippen molar-refractivity contribution in [3.05, 3.63) is 30.1 Å². The smallest absolute Gasteiger partial charge is 0.414 e. The Morgan fingerprint density at radius 1 is 1.42 bits per heavy atom. The summed E-state index contributed by atoms with van der Waals surface area (Å²) in [5.74, 6) is 0. The van der Waals surface area contributed by atoms with Crippen LogP contribution in [0.1, 0.15) is 39.4 Å². The summed E-state index contributed by atoms with van der Waals surface area (Å²) in [6, 6.07) is 8.26. The first-order valence-corrected chi connectivity index (χ1v) is 8.39. The van der Waals surface area contributed by atoms with Gasteiger partial charge in [0.1, 0.15) is 24.8 Å². The van der Waals surface area contributed by atoms with Crippen molar-refractivity contribution in [3.63, 3.8) is 0 Å². The molecule has 1 aliphatic rings. The first-order chi connectivity index (χ1) is 11.3. The van der Waals surface area contributed by atoms with E-state index >= 15 is 0 Å². The van der Waals surface area contributed by atoms with Crippen molar-refractivity contribution in [2.75, 3.05) is 32.7 Å². The van der Waals surface area contributed by atoms with Gasteiger partial charge in [-0.05, 0) is 39.8 Å². The van der Waals surface area contributed by atoms with E-state index in [1.54, 1.807) is 6.20 Å². The molecule has 0 aliphatic carbocycles. The third-order valence-electron chi connectivity index (χ3n) is 4.45. The van der Waals surface area contributed by atoms with Crippen molar-refractivity contribution in [1.29, 1.82) is 5.26 Å². The van der Waals surface area contributed by atoms with Crippen LogP contribution in [-0.4, -0.2) is 58.8 Å². The number of piperazine rings is 1. The number of aromatic nitrogens is 1. The van der Waals surface area contributed by atoms with E-state index in [2.05, 4.69) is 22.9 Å². The molecule has 0 radical (unpaired) electrons. The highest BCUT2D eigenvalue weighted by atomic mass is 16.6. The quantitative estimate of drug-likeness (QED) is 0.629. The molecule has 1 aliphatic heterocycles. The van der Waals surface area contributed by atoms with E-state index in [1.807, 2.05) is 39.0 Å². The fourth-order valence-electron chi connectivity index (χ4n) is 2.96. The summed E-state index contributed by atoms with van der Waals surface area (Å²) in [4.78, 5) is 19.4. The Hall–Kier alpha value is -1.97. The Kier molecular flexibility index (Phi) is 5.58. The zero-order valence-electron chi connectivity index (χ0n) is 15.0. The van der Waals surface area contributed by atoms with Crippen LogP contribution < -0.4 is 0 Å². The molecular weight excluding hydrogens is 304 g/mol. The van der Waals surface area contributed by atoms with E-state index in [4.69, 9.17) is 4.74 Å². The molecule has 1 aromatic rings. The van der Waals surface area contributed by atoms with Gasteiger partial charge in [0.15, 0.2) is 6.54 Å².